The summed E-state index contributed by atoms with van der Waals surface area (Å²) in [7, 11) is 0. The molecule has 0 spiro atoms. The van der Waals surface area contributed by atoms with Crippen molar-refractivity contribution in [2.75, 3.05) is 17.0 Å². The maximum atomic E-state index is 13.8. The lowest BCUT2D eigenvalue weighted by atomic mass is 10.0. The Hall–Kier alpha value is -4.13. The lowest BCUT2D eigenvalue weighted by Gasteiger charge is -2.15. The van der Waals surface area contributed by atoms with Crippen LogP contribution in [-0.2, 0) is 9.59 Å². The molecule has 2 aliphatic rings. The smallest absolute Gasteiger partial charge is 0.282 e. The van der Waals surface area contributed by atoms with Crippen LogP contribution in [0.3, 0.4) is 0 Å². The number of carbonyl (C=O) groups is 2. The molecular weight excluding hydrogens is 387 g/mol. The summed E-state index contributed by atoms with van der Waals surface area (Å²) in [5.74, 6) is -0.484. The third kappa shape index (κ3) is 2.97. The third-order valence-corrected chi connectivity index (χ3v) is 4.85. The number of rotatable bonds is 4. The molecular formula is C23H15FN2O4. The lowest BCUT2D eigenvalue weighted by Crippen LogP contribution is -2.32. The van der Waals surface area contributed by atoms with E-state index in [2.05, 4.69) is 5.32 Å². The number of nitrogens with zero attached hydrogens (tertiary/aromatic N) is 1. The molecule has 0 bridgehead atoms. The zero-order chi connectivity index (χ0) is 20.7. The fourth-order valence-electron chi connectivity index (χ4n) is 3.49. The molecule has 0 saturated heterocycles. The molecule has 5 rings (SSSR count). The molecule has 0 atom stereocenters. The summed E-state index contributed by atoms with van der Waals surface area (Å²) >= 11 is 0. The number of amides is 2. The summed E-state index contributed by atoms with van der Waals surface area (Å²) in [5, 5.41) is 3.05. The molecule has 2 aliphatic heterocycles. The minimum atomic E-state index is -0.567. The number of fused-ring (bicyclic) bond motifs is 1. The van der Waals surface area contributed by atoms with Gasteiger partial charge in [-0.15, -0.1) is 0 Å². The van der Waals surface area contributed by atoms with E-state index in [0.717, 1.165) is 11.0 Å². The van der Waals surface area contributed by atoms with Crippen LogP contribution in [0.5, 0.6) is 11.5 Å². The van der Waals surface area contributed by atoms with E-state index in [1.54, 1.807) is 42.5 Å². The highest BCUT2D eigenvalue weighted by molar-refractivity contribution is 6.46. The zero-order valence-corrected chi connectivity index (χ0v) is 15.6. The number of ether oxygens (including phenoxy) is 2. The molecule has 0 fully saturated rings. The van der Waals surface area contributed by atoms with Crippen LogP contribution in [0, 0.1) is 5.82 Å². The number of benzene rings is 3. The van der Waals surface area contributed by atoms with Crippen LogP contribution in [0.25, 0.3) is 5.57 Å². The Morgan fingerprint density at radius 2 is 1.63 bits per heavy atom. The minimum Gasteiger partial charge on any atom is -0.454 e. The van der Waals surface area contributed by atoms with Crippen molar-refractivity contribution in [1.29, 1.82) is 0 Å². The number of carbonyl (C=O) groups excluding carboxylic acids is 2. The van der Waals surface area contributed by atoms with Gasteiger partial charge in [0.25, 0.3) is 11.8 Å². The van der Waals surface area contributed by atoms with Gasteiger partial charge in [0.1, 0.15) is 11.5 Å². The maximum absolute atomic E-state index is 13.8. The Labute approximate surface area is 171 Å². The maximum Gasteiger partial charge on any atom is 0.282 e. The highest BCUT2D eigenvalue weighted by atomic mass is 19.1. The summed E-state index contributed by atoms with van der Waals surface area (Å²) in [4.78, 5) is 27.5. The molecule has 7 heteroatoms. The minimum absolute atomic E-state index is 0.106. The molecule has 0 aromatic heterocycles. The van der Waals surface area contributed by atoms with Crippen LogP contribution in [0.1, 0.15) is 5.56 Å². The number of nitrogens with one attached hydrogen (secondary N) is 1. The normalized spacial score (nSPS) is 15.2. The van der Waals surface area contributed by atoms with E-state index >= 15 is 0 Å². The van der Waals surface area contributed by atoms with E-state index < -0.39 is 17.6 Å². The van der Waals surface area contributed by atoms with Crippen molar-refractivity contribution in [3.8, 4) is 11.5 Å². The van der Waals surface area contributed by atoms with Crippen LogP contribution in [-0.4, -0.2) is 18.6 Å². The van der Waals surface area contributed by atoms with Crippen molar-refractivity contribution >= 4 is 28.8 Å². The summed E-state index contributed by atoms with van der Waals surface area (Å²) in [6.07, 6.45) is 0. The largest absolute Gasteiger partial charge is 0.454 e. The Morgan fingerprint density at radius 1 is 0.833 bits per heavy atom. The van der Waals surface area contributed by atoms with Gasteiger partial charge in [-0.05, 0) is 35.9 Å². The average Bonchev–Trinajstić information content (AvgIpc) is 3.31. The first-order valence-corrected chi connectivity index (χ1v) is 9.22. The number of anilines is 2. The van der Waals surface area contributed by atoms with Gasteiger partial charge in [0.15, 0.2) is 11.5 Å². The molecule has 3 aromatic rings. The third-order valence-electron chi connectivity index (χ3n) is 4.85. The highest BCUT2D eigenvalue weighted by Gasteiger charge is 2.40. The topological polar surface area (TPSA) is 67.9 Å². The van der Waals surface area contributed by atoms with Gasteiger partial charge in [-0.3, -0.25) is 9.59 Å². The van der Waals surface area contributed by atoms with E-state index in [-0.39, 0.29) is 23.8 Å². The van der Waals surface area contributed by atoms with Gasteiger partial charge >= 0.3 is 0 Å². The average molecular weight is 402 g/mol. The molecule has 148 valence electrons. The predicted molar refractivity (Wildman–Crippen MR) is 108 cm³/mol. The number of hydrogen-bond acceptors (Lipinski definition) is 5. The Bertz CT molecular complexity index is 1210. The van der Waals surface area contributed by atoms with Crippen molar-refractivity contribution in [1.82, 2.24) is 0 Å². The fourth-order valence-corrected chi connectivity index (χ4v) is 3.49. The van der Waals surface area contributed by atoms with Crippen LogP contribution in [0.15, 0.2) is 78.5 Å². The van der Waals surface area contributed by atoms with E-state index in [1.165, 1.54) is 18.2 Å². The molecule has 6 nitrogen and oxygen atoms in total. The molecule has 1 N–H and O–H groups in total. The molecule has 2 amide bonds. The first kappa shape index (κ1) is 17.9. The summed E-state index contributed by atoms with van der Waals surface area (Å²) in [6, 6.07) is 19.4. The van der Waals surface area contributed by atoms with Gasteiger partial charge in [-0.2, -0.15) is 0 Å². The Kier molecular flexibility index (Phi) is 4.21. The van der Waals surface area contributed by atoms with Crippen molar-refractivity contribution in [2.24, 2.45) is 0 Å². The quantitative estimate of drug-likeness (QED) is 0.670. The number of halogens is 1. The second-order valence-electron chi connectivity index (χ2n) is 6.73. The number of hydrogen-bond donors (Lipinski definition) is 1. The molecule has 2 heterocycles. The van der Waals surface area contributed by atoms with Crippen molar-refractivity contribution in [3.05, 3.63) is 89.9 Å². The first-order valence-electron chi connectivity index (χ1n) is 9.22. The molecule has 30 heavy (non-hydrogen) atoms. The standard InChI is InChI=1S/C23H15FN2O4/c24-15-7-4-8-17(11-15)26-22(27)20(14-5-2-1-3-6-14)21(23(26)28)25-16-9-10-18-19(12-16)30-13-29-18/h1-12,25H,13H2. The van der Waals surface area contributed by atoms with Crippen LogP contribution in [0.2, 0.25) is 0 Å². The van der Waals surface area contributed by atoms with Gasteiger partial charge in [-0.1, -0.05) is 36.4 Å². The van der Waals surface area contributed by atoms with Crippen LogP contribution < -0.4 is 19.7 Å². The SMILES string of the molecule is O=C1C(Nc2ccc3c(c2)OCO3)=C(c2ccccc2)C(=O)N1c1cccc(F)c1. The predicted octanol–water partition coefficient (Wildman–Crippen LogP) is 3.95. The van der Waals surface area contributed by atoms with E-state index in [4.69, 9.17) is 9.47 Å². The van der Waals surface area contributed by atoms with Gasteiger partial charge < -0.3 is 14.8 Å². The summed E-state index contributed by atoms with van der Waals surface area (Å²) in [6.45, 7) is 0.127. The molecule has 0 radical (unpaired) electrons. The fraction of sp³-hybridized carbons (Fsp3) is 0.0435. The van der Waals surface area contributed by atoms with E-state index in [9.17, 15) is 14.0 Å². The van der Waals surface area contributed by atoms with Crippen molar-refractivity contribution < 1.29 is 23.5 Å². The van der Waals surface area contributed by atoms with Gasteiger partial charge in [0.05, 0.1) is 11.3 Å². The first-order chi connectivity index (χ1) is 14.6. The zero-order valence-electron chi connectivity index (χ0n) is 15.6. The van der Waals surface area contributed by atoms with Crippen molar-refractivity contribution in [3.63, 3.8) is 0 Å². The summed E-state index contributed by atoms with van der Waals surface area (Å²) in [5.41, 5.74) is 1.63. The van der Waals surface area contributed by atoms with E-state index in [1.807, 2.05) is 6.07 Å². The second-order valence-corrected chi connectivity index (χ2v) is 6.73. The molecule has 0 unspecified atom stereocenters. The van der Waals surface area contributed by atoms with Crippen LogP contribution >= 0.6 is 0 Å². The second kappa shape index (κ2) is 7.04. The molecule has 0 saturated carbocycles. The Balaban J connectivity index is 1.59. The van der Waals surface area contributed by atoms with Crippen molar-refractivity contribution in [2.45, 2.75) is 0 Å². The Morgan fingerprint density at radius 3 is 2.43 bits per heavy atom. The monoisotopic (exact) mass is 402 g/mol. The number of imide groups is 1. The molecule has 0 aliphatic carbocycles. The molecule has 3 aromatic carbocycles. The lowest BCUT2D eigenvalue weighted by molar-refractivity contribution is -0.120. The van der Waals surface area contributed by atoms with E-state index in [0.29, 0.717) is 22.7 Å². The summed E-state index contributed by atoms with van der Waals surface area (Å²) < 4.78 is 24.5. The van der Waals surface area contributed by atoms with Gasteiger partial charge in [-0.25, -0.2) is 9.29 Å². The van der Waals surface area contributed by atoms with Crippen LogP contribution in [0.4, 0.5) is 15.8 Å². The highest BCUT2D eigenvalue weighted by Crippen LogP contribution is 2.37. The van der Waals surface area contributed by atoms with Gasteiger partial charge in [0.2, 0.25) is 6.79 Å². The van der Waals surface area contributed by atoms with Gasteiger partial charge in [0, 0.05) is 11.8 Å².